The fourth-order valence-corrected chi connectivity index (χ4v) is 3.25. The summed E-state index contributed by atoms with van der Waals surface area (Å²) in [5.74, 6) is 0.840. The zero-order chi connectivity index (χ0) is 17.2. The summed E-state index contributed by atoms with van der Waals surface area (Å²) in [4.78, 5) is 4.38. The molecule has 2 heterocycles. The molecule has 1 N–H and O–H groups in total. The summed E-state index contributed by atoms with van der Waals surface area (Å²) < 4.78 is 34.4. The number of hydrogen-bond donors (Lipinski definition) is 1. The lowest BCUT2D eigenvalue weighted by atomic mass is 10.2. The van der Waals surface area contributed by atoms with Gasteiger partial charge in [0.1, 0.15) is 17.1 Å². The second kappa shape index (κ2) is 6.48. The van der Waals surface area contributed by atoms with E-state index < -0.39 is 10.0 Å². The van der Waals surface area contributed by atoms with Gasteiger partial charge in [0, 0.05) is 18.1 Å². The van der Waals surface area contributed by atoms with Crippen LogP contribution in [0.15, 0.2) is 47.6 Å². The van der Waals surface area contributed by atoms with Crippen LogP contribution in [0.25, 0.3) is 10.9 Å². The lowest BCUT2D eigenvalue weighted by molar-refractivity contribution is 0.343. The summed E-state index contributed by atoms with van der Waals surface area (Å²) in [5, 5.41) is 4.86. The van der Waals surface area contributed by atoms with Gasteiger partial charge in [0.15, 0.2) is 5.03 Å². The summed E-state index contributed by atoms with van der Waals surface area (Å²) >= 11 is 0. The second-order valence-corrected chi connectivity index (χ2v) is 6.70. The number of pyridine rings is 1. The van der Waals surface area contributed by atoms with Crippen LogP contribution in [0.4, 0.5) is 5.82 Å². The molecular weight excluding hydrogens is 328 g/mol. The average Bonchev–Trinajstić information content (AvgIpc) is 3.05. The number of sulfonamides is 1. The molecule has 0 aliphatic rings. The third-order valence-corrected chi connectivity index (χ3v) is 4.68. The molecule has 0 radical (unpaired) electrons. The van der Waals surface area contributed by atoms with Crippen LogP contribution in [0.1, 0.15) is 13.8 Å². The van der Waals surface area contributed by atoms with Crippen LogP contribution in [-0.2, 0) is 16.6 Å². The number of nitrogens with zero attached hydrogens (tertiary/aromatic N) is 3. The van der Waals surface area contributed by atoms with Gasteiger partial charge in [-0.1, -0.05) is 12.1 Å². The molecule has 3 aromatic rings. The van der Waals surface area contributed by atoms with E-state index in [0.29, 0.717) is 24.4 Å². The van der Waals surface area contributed by atoms with Gasteiger partial charge in [0.25, 0.3) is 10.0 Å². The van der Waals surface area contributed by atoms with Crippen molar-refractivity contribution in [2.75, 3.05) is 11.3 Å². The molecule has 0 unspecified atom stereocenters. The van der Waals surface area contributed by atoms with Crippen LogP contribution >= 0.6 is 0 Å². The standard InChI is InChI=1S/C16H18N4O3S/c1-3-20-11-10-15(18-20)24(21,22)19-14-9-8-12-6-5-7-13(23-4-2)16(12)17-14/h5-11H,3-4H2,1-2H3,(H,17,19). The molecule has 8 heteroatoms. The van der Waals surface area contributed by atoms with E-state index in [4.69, 9.17) is 4.74 Å². The van der Waals surface area contributed by atoms with Gasteiger partial charge in [-0.05, 0) is 38.1 Å². The summed E-state index contributed by atoms with van der Waals surface area (Å²) in [5.41, 5.74) is 0.610. The molecule has 0 aliphatic heterocycles. The first kappa shape index (κ1) is 16.3. The summed E-state index contributed by atoms with van der Waals surface area (Å²) in [7, 11) is -3.78. The van der Waals surface area contributed by atoms with Crippen molar-refractivity contribution in [2.24, 2.45) is 0 Å². The van der Waals surface area contributed by atoms with Gasteiger partial charge in [0.05, 0.1) is 6.61 Å². The predicted molar refractivity (Wildman–Crippen MR) is 91.6 cm³/mol. The highest BCUT2D eigenvalue weighted by atomic mass is 32.2. The quantitative estimate of drug-likeness (QED) is 0.741. The minimum absolute atomic E-state index is 0.0376. The predicted octanol–water partition coefficient (Wildman–Crippen LogP) is 2.65. The van der Waals surface area contributed by atoms with Crippen LogP contribution in [0.2, 0.25) is 0 Å². The highest BCUT2D eigenvalue weighted by molar-refractivity contribution is 7.92. The van der Waals surface area contributed by atoms with E-state index in [1.54, 1.807) is 29.1 Å². The van der Waals surface area contributed by atoms with Crippen molar-refractivity contribution in [3.63, 3.8) is 0 Å². The Labute approximate surface area is 140 Å². The minimum Gasteiger partial charge on any atom is -0.492 e. The highest BCUT2D eigenvalue weighted by Crippen LogP contribution is 2.26. The average molecular weight is 346 g/mol. The maximum absolute atomic E-state index is 12.4. The number of ether oxygens (including phenoxy) is 1. The Balaban J connectivity index is 1.96. The molecule has 0 saturated carbocycles. The summed E-state index contributed by atoms with van der Waals surface area (Å²) in [6, 6.07) is 10.4. The fourth-order valence-electron chi connectivity index (χ4n) is 2.30. The van der Waals surface area contributed by atoms with Crippen molar-refractivity contribution in [1.82, 2.24) is 14.8 Å². The molecule has 0 bridgehead atoms. The molecule has 0 aliphatic carbocycles. The number of para-hydroxylation sites is 1. The minimum atomic E-state index is -3.78. The number of benzene rings is 1. The van der Waals surface area contributed by atoms with E-state index in [0.717, 1.165) is 5.39 Å². The lowest BCUT2D eigenvalue weighted by Gasteiger charge is -2.09. The monoisotopic (exact) mass is 346 g/mol. The van der Waals surface area contributed by atoms with Crippen molar-refractivity contribution in [3.05, 3.63) is 42.6 Å². The third-order valence-electron chi connectivity index (χ3n) is 3.44. The van der Waals surface area contributed by atoms with E-state index in [2.05, 4.69) is 14.8 Å². The smallest absolute Gasteiger partial charge is 0.282 e. The van der Waals surface area contributed by atoms with Crippen molar-refractivity contribution >= 4 is 26.7 Å². The van der Waals surface area contributed by atoms with Gasteiger partial charge >= 0.3 is 0 Å². The third kappa shape index (κ3) is 3.18. The Hall–Kier alpha value is -2.61. The molecule has 1 aromatic carbocycles. The molecule has 24 heavy (non-hydrogen) atoms. The number of nitrogens with one attached hydrogen (secondary N) is 1. The van der Waals surface area contributed by atoms with Crippen LogP contribution in [0.3, 0.4) is 0 Å². The molecular formula is C16H18N4O3S. The Bertz CT molecular complexity index is 966. The van der Waals surface area contributed by atoms with Crippen molar-refractivity contribution in [1.29, 1.82) is 0 Å². The maximum atomic E-state index is 12.4. The largest absolute Gasteiger partial charge is 0.492 e. The van der Waals surface area contributed by atoms with E-state index in [1.807, 2.05) is 26.0 Å². The van der Waals surface area contributed by atoms with Crippen molar-refractivity contribution in [2.45, 2.75) is 25.4 Å². The van der Waals surface area contributed by atoms with Crippen LogP contribution in [0.5, 0.6) is 5.75 Å². The topological polar surface area (TPSA) is 86.1 Å². The van der Waals surface area contributed by atoms with Crippen LogP contribution < -0.4 is 9.46 Å². The Kier molecular flexibility index (Phi) is 4.39. The lowest BCUT2D eigenvalue weighted by Crippen LogP contribution is -2.15. The first-order chi connectivity index (χ1) is 11.5. The van der Waals surface area contributed by atoms with E-state index in [1.165, 1.54) is 6.07 Å². The highest BCUT2D eigenvalue weighted by Gasteiger charge is 2.18. The van der Waals surface area contributed by atoms with Crippen molar-refractivity contribution in [3.8, 4) is 5.75 Å². The molecule has 7 nitrogen and oxygen atoms in total. The summed E-state index contributed by atoms with van der Waals surface area (Å²) in [6.07, 6.45) is 1.62. The van der Waals surface area contributed by atoms with E-state index in [9.17, 15) is 8.42 Å². The molecule has 3 rings (SSSR count). The molecule has 126 valence electrons. The van der Waals surface area contributed by atoms with E-state index in [-0.39, 0.29) is 10.8 Å². The van der Waals surface area contributed by atoms with Gasteiger partial charge in [-0.3, -0.25) is 9.40 Å². The Morgan fingerprint density at radius 1 is 1.17 bits per heavy atom. The molecule has 0 amide bonds. The maximum Gasteiger partial charge on any atom is 0.282 e. The normalized spacial score (nSPS) is 11.6. The Morgan fingerprint density at radius 2 is 2.00 bits per heavy atom. The van der Waals surface area contributed by atoms with Gasteiger partial charge in [0.2, 0.25) is 0 Å². The molecule has 0 saturated heterocycles. The molecule has 0 spiro atoms. The fraction of sp³-hybridized carbons (Fsp3) is 0.250. The molecule has 2 aromatic heterocycles. The second-order valence-electron chi connectivity index (χ2n) is 5.07. The number of rotatable bonds is 6. The van der Waals surface area contributed by atoms with Crippen LogP contribution in [-0.4, -0.2) is 29.8 Å². The van der Waals surface area contributed by atoms with Gasteiger partial charge < -0.3 is 4.74 Å². The molecule has 0 atom stereocenters. The zero-order valence-corrected chi connectivity index (χ0v) is 14.2. The van der Waals surface area contributed by atoms with Crippen molar-refractivity contribution < 1.29 is 13.2 Å². The molecule has 0 fully saturated rings. The number of anilines is 1. The number of aromatic nitrogens is 3. The van der Waals surface area contributed by atoms with Crippen LogP contribution in [0, 0.1) is 0 Å². The SMILES string of the molecule is CCOc1cccc2ccc(NS(=O)(=O)c3ccn(CC)n3)nc12. The Morgan fingerprint density at radius 3 is 2.71 bits per heavy atom. The number of fused-ring (bicyclic) bond motifs is 1. The van der Waals surface area contributed by atoms with Gasteiger partial charge in [-0.25, -0.2) is 4.98 Å². The summed E-state index contributed by atoms with van der Waals surface area (Å²) in [6.45, 7) is 4.87. The zero-order valence-electron chi connectivity index (χ0n) is 13.4. The number of aryl methyl sites for hydroxylation is 1. The van der Waals surface area contributed by atoms with E-state index >= 15 is 0 Å². The number of hydrogen-bond acceptors (Lipinski definition) is 5. The first-order valence-corrected chi connectivity index (χ1v) is 9.10. The van der Waals surface area contributed by atoms with Gasteiger partial charge in [-0.2, -0.15) is 13.5 Å². The first-order valence-electron chi connectivity index (χ1n) is 7.62. The van der Waals surface area contributed by atoms with Gasteiger partial charge in [-0.15, -0.1) is 0 Å².